The summed E-state index contributed by atoms with van der Waals surface area (Å²) in [6.07, 6.45) is 0. The van der Waals surface area contributed by atoms with Crippen LogP contribution in [0.1, 0.15) is 59.3 Å². The first-order chi connectivity index (χ1) is 7.59. The van der Waals surface area contributed by atoms with E-state index in [0.29, 0.717) is 5.89 Å². The molecule has 1 atom stereocenters. The van der Waals surface area contributed by atoms with E-state index in [1.807, 2.05) is 0 Å². The van der Waals surface area contributed by atoms with Crippen LogP contribution in [0, 0.1) is 5.41 Å². The molecule has 1 rings (SSSR count). The zero-order valence-electron chi connectivity index (χ0n) is 11.6. The Bertz CT molecular complexity index is 363. The predicted molar refractivity (Wildman–Crippen MR) is 71.7 cm³/mol. The van der Waals surface area contributed by atoms with Gasteiger partial charge in [-0.2, -0.15) is 4.98 Å². The molecule has 1 heterocycles. The van der Waals surface area contributed by atoms with Crippen molar-refractivity contribution in [2.75, 3.05) is 0 Å². The molecule has 98 valence electrons. The minimum absolute atomic E-state index is 0.0685. The topological polar surface area (TPSA) is 64.9 Å². The van der Waals surface area contributed by atoms with Gasteiger partial charge in [0.25, 0.3) is 0 Å². The van der Waals surface area contributed by atoms with Crippen molar-refractivity contribution in [3.05, 3.63) is 11.7 Å². The molecule has 0 aliphatic carbocycles. The molecule has 0 amide bonds. The van der Waals surface area contributed by atoms with Gasteiger partial charge in [-0.05, 0) is 5.41 Å². The van der Waals surface area contributed by atoms with Gasteiger partial charge in [0.15, 0.2) is 5.82 Å². The molecular formula is C12H23N3OS. The van der Waals surface area contributed by atoms with Gasteiger partial charge in [-0.3, -0.25) is 0 Å². The lowest BCUT2D eigenvalue weighted by Crippen LogP contribution is -2.26. The van der Waals surface area contributed by atoms with Crippen LogP contribution in [0.2, 0.25) is 0 Å². The Hall–Kier alpha value is -0.550. The van der Waals surface area contributed by atoms with Gasteiger partial charge in [-0.1, -0.05) is 46.7 Å². The van der Waals surface area contributed by atoms with E-state index in [1.54, 1.807) is 11.8 Å². The molecule has 17 heavy (non-hydrogen) atoms. The van der Waals surface area contributed by atoms with Crippen LogP contribution in [0.5, 0.6) is 0 Å². The standard InChI is InChI=1S/C12H23N3OS/c1-11(2,3)9(13)10-14-8(15-16-10)7-17-12(4,5)6/h9H,7,13H2,1-6H3/t9-/m0/s1. The second-order valence-corrected chi connectivity index (χ2v) is 8.10. The van der Waals surface area contributed by atoms with Crippen molar-refractivity contribution < 1.29 is 4.52 Å². The minimum atomic E-state index is -0.219. The fourth-order valence-corrected chi connectivity index (χ4v) is 1.78. The number of thioether (sulfide) groups is 1. The fraction of sp³-hybridized carbons (Fsp3) is 0.833. The second-order valence-electron chi connectivity index (χ2n) is 6.29. The van der Waals surface area contributed by atoms with E-state index in [0.717, 1.165) is 11.6 Å². The predicted octanol–water partition coefficient (Wildman–Crippen LogP) is 3.15. The molecule has 0 radical (unpaired) electrons. The first-order valence-corrected chi connectivity index (χ1v) is 6.80. The SMILES string of the molecule is CC(C)(C)SCc1noc([C@H](N)C(C)(C)C)n1. The number of hydrogen-bond acceptors (Lipinski definition) is 5. The monoisotopic (exact) mass is 257 g/mol. The van der Waals surface area contributed by atoms with E-state index >= 15 is 0 Å². The molecule has 1 aromatic heterocycles. The number of rotatable bonds is 3. The first kappa shape index (κ1) is 14.5. The highest BCUT2D eigenvalue weighted by atomic mass is 32.2. The molecule has 0 unspecified atom stereocenters. The lowest BCUT2D eigenvalue weighted by Gasteiger charge is -2.23. The summed E-state index contributed by atoms with van der Waals surface area (Å²) in [6.45, 7) is 12.7. The van der Waals surface area contributed by atoms with Gasteiger partial charge < -0.3 is 10.3 Å². The maximum absolute atomic E-state index is 6.06. The highest BCUT2D eigenvalue weighted by Crippen LogP contribution is 2.30. The third-order valence-electron chi connectivity index (χ3n) is 2.32. The van der Waals surface area contributed by atoms with Gasteiger partial charge in [-0.15, -0.1) is 11.8 Å². The summed E-state index contributed by atoms with van der Waals surface area (Å²) in [5.41, 5.74) is 6.00. The van der Waals surface area contributed by atoms with Gasteiger partial charge in [0.2, 0.25) is 5.89 Å². The van der Waals surface area contributed by atoms with Crippen molar-refractivity contribution in [1.82, 2.24) is 10.1 Å². The maximum atomic E-state index is 6.06. The first-order valence-electron chi connectivity index (χ1n) is 5.81. The van der Waals surface area contributed by atoms with Crippen molar-refractivity contribution in [3.63, 3.8) is 0 Å². The second kappa shape index (κ2) is 4.98. The summed E-state index contributed by atoms with van der Waals surface area (Å²) in [6, 6.07) is -0.219. The molecule has 0 fully saturated rings. The van der Waals surface area contributed by atoms with Gasteiger partial charge in [0.1, 0.15) is 0 Å². The lowest BCUT2D eigenvalue weighted by atomic mass is 9.87. The van der Waals surface area contributed by atoms with Crippen LogP contribution in [0.3, 0.4) is 0 Å². The Kier molecular flexibility index (Phi) is 4.25. The molecule has 1 aromatic rings. The Morgan fingerprint density at radius 2 is 1.82 bits per heavy atom. The van der Waals surface area contributed by atoms with Crippen LogP contribution in [0.15, 0.2) is 4.52 Å². The summed E-state index contributed by atoms with van der Waals surface area (Å²) >= 11 is 1.79. The van der Waals surface area contributed by atoms with Crippen LogP contribution in [-0.2, 0) is 5.75 Å². The van der Waals surface area contributed by atoms with E-state index in [-0.39, 0.29) is 16.2 Å². The molecule has 0 saturated carbocycles. The van der Waals surface area contributed by atoms with Crippen LogP contribution in [-0.4, -0.2) is 14.9 Å². The van der Waals surface area contributed by atoms with Gasteiger partial charge in [0.05, 0.1) is 11.8 Å². The summed E-state index contributed by atoms with van der Waals surface area (Å²) in [7, 11) is 0. The zero-order chi connectivity index (χ0) is 13.3. The molecule has 5 heteroatoms. The molecule has 4 nitrogen and oxygen atoms in total. The fourth-order valence-electron chi connectivity index (χ4n) is 1.10. The van der Waals surface area contributed by atoms with Crippen LogP contribution >= 0.6 is 11.8 Å². The smallest absolute Gasteiger partial charge is 0.244 e. The summed E-state index contributed by atoms with van der Waals surface area (Å²) in [5, 5.41) is 3.97. The molecule has 0 saturated heterocycles. The molecule has 0 spiro atoms. The Labute approximate surface area is 108 Å². The minimum Gasteiger partial charge on any atom is -0.338 e. The lowest BCUT2D eigenvalue weighted by molar-refractivity contribution is 0.252. The molecule has 0 bridgehead atoms. The van der Waals surface area contributed by atoms with E-state index in [4.69, 9.17) is 10.3 Å². The van der Waals surface area contributed by atoms with Crippen LogP contribution in [0.25, 0.3) is 0 Å². The Balaban J connectivity index is 2.66. The van der Waals surface area contributed by atoms with Crippen molar-refractivity contribution in [2.45, 2.75) is 58.1 Å². The van der Waals surface area contributed by atoms with E-state index in [1.165, 1.54) is 0 Å². The summed E-state index contributed by atoms with van der Waals surface area (Å²) < 4.78 is 5.42. The normalized spacial score (nSPS) is 15.0. The van der Waals surface area contributed by atoms with E-state index in [9.17, 15) is 0 Å². The largest absolute Gasteiger partial charge is 0.338 e. The molecular weight excluding hydrogens is 234 g/mol. The van der Waals surface area contributed by atoms with Gasteiger partial charge >= 0.3 is 0 Å². The third kappa shape index (κ3) is 4.68. The molecule has 0 aliphatic rings. The van der Waals surface area contributed by atoms with Gasteiger partial charge in [-0.25, -0.2) is 0 Å². The highest BCUT2D eigenvalue weighted by molar-refractivity contribution is 7.99. The van der Waals surface area contributed by atoms with Crippen molar-refractivity contribution in [3.8, 4) is 0 Å². The third-order valence-corrected chi connectivity index (χ3v) is 3.59. The summed E-state index contributed by atoms with van der Waals surface area (Å²) in [4.78, 5) is 4.36. The Morgan fingerprint density at radius 3 is 2.29 bits per heavy atom. The summed E-state index contributed by atoms with van der Waals surface area (Å²) in [5.74, 6) is 2.01. The number of nitrogens with zero attached hydrogens (tertiary/aromatic N) is 2. The zero-order valence-corrected chi connectivity index (χ0v) is 12.4. The highest BCUT2D eigenvalue weighted by Gasteiger charge is 2.27. The quantitative estimate of drug-likeness (QED) is 0.901. The molecule has 0 aromatic carbocycles. The molecule has 0 aliphatic heterocycles. The van der Waals surface area contributed by atoms with Crippen molar-refractivity contribution in [1.29, 1.82) is 0 Å². The van der Waals surface area contributed by atoms with Gasteiger partial charge in [0, 0.05) is 4.75 Å². The number of aromatic nitrogens is 2. The maximum Gasteiger partial charge on any atom is 0.244 e. The number of hydrogen-bond donors (Lipinski definition) is 1. The van der Waals surface area contributed by atoms with Crippen LogP contribution < -0.4 is 5.73 Å². The average molecular weight is 257 g/mol. The Morgan fingerprint density at radius 1 is 1.24 bits per heavy atom. The van der Waals surface area contributed by atoms with Crippen molar-refractivity contribution in [2.24, 2.45) is 11.1 Å². The van der Waals surface area contributed by atoms with Crippen LogP contribution in [0.4, 0.5) is 0 Å². The average Bonchev–Trinajstić information content (AvgIpc) is 2.59. The van der Waals surface area contributed by atoms with E-state index in [2.05, 4.69) is 51.7 Å². The van der Waals surface area contributed by atoms with E-state index < -0.39 is 0 Å². The number of nitrogens with two attached hydrogens (primary N) is 1. The van der Waals surface area contributed by atoms with Crippen molar-refractivity contribution >= 4 is 11.8 Å². The molecule has 2 N–H and O–H groups in total.